The molecule has 0 bridgehead atoms. The van der Waals surface area contributed by atoms with Crippen LogP contribution in [0.5, 0.6) is 0 Å². The quantitative estimate of drug-likeness (QED) is 0.230. The van der Waals surface area contributed by atoms with Crippen LogP contribution >= 0.6 is 0 Å². The van der Waals surface area contributed by atoms with Crippen molar-refractivity contribution in [3.8, 4) is 0 Å². The minimum Gasteiger partial charge on any atom is -0.385 e. The van der Waals surface area contributed by atoms with E-state index in [1.807, 2.05) is 4.90 Å². The lowest BCUT2D eigenvalue weighted by Crippen LogP contribution is -2.39. The van der Waals surface area contributed by atoms with E-state index in [0.29, 0.717) is 48.8 Å². The van der Waals surface area contributed by atoms with Gasteiger partial charge < -0.3 is 15.5 Å². The molecule has 1 aromatic rings. The van der Waals surface area contributed by atoms with Gasteiger partial charge in [0.1, 0.15) is 18.2 Å². The molecule has 0 saturated carbocycles. The van der Waals surface area contributed by atoms with Gasteiger partial charge in [0.15, 0.2) is 0 Å². The number of hydrogen-bond acceptors (Lipinski definition) is 3. The largest absolute Gasteiger partial charge is 0.416 e. The van der Waals surface area contributed by atoms with Crippen molar-refractivity contribution >= 4 is 11.7 Å². The number of aliphatic imine (C=N–C) groups is 1. The van der Waals surface area contributed by atoms with Crippen molar-refractivity contribution in [2.24, 2.45) is 16.6 Å². The average molecular weight is 467 g/mol. The fourth-order valence-corrected chi connectivity index (χ4v) is 4.16. The average Bonchev–Trinajstić information content (AvgIpc) is 2.80. The maximum absolute atomic E-state index is 13.2. The highest BCUT2D eigenvalue weighted by Gasteiger charge is 2.32. The maximum atomic E-state index is 13.2. The highest BCUT2D eigenvalue weighted by atomic mass is 19.4. The molecule has 2 aliphatic rings. The fraction of sp³-hybridized carbons (Fsp3) is 0.500. The number of nitrogens with two attached hydrogens (primary N) is 1. The van der Waals surface area contributed by atoms with Crippen LogP contribution < -0.4 is 5.73 Å². The summed E-state index contributed by atoms with van der Waals surface area (Å²) >= 11 is 0. The summed E-state index contributed by atoms with van der Waals surface area (Å²) in [5.74, 6) is -0.129. The fourth-order valence-electron chi connectivity index (χ4n) is 4.16. The number of likely N-dealkylation sites (tertiary alicyclic amines) is 1. The molecular weight excluding hydrogens is 436 g/mol. The Balaban J connectivity index is 1.89. The molecule has 180 valence electrons. The van der Waals surface area contributed by atoms with E-state index in [1.54, 1.807) is 11.8 Å². The predicted octanol–water partition coefficient (Wildman–Crippen LogP) is 4.44. The van der Waals surface area contributed by atoms with Gasteiger partial charge in [-0.3, -0.25) is 4.79 Å². The molecule has 0 atom stereocenters. The minimum absolute atomic E-state index is 0.0274. The molecule has 2 N–H and O–H groups in total. The summed E-state index contributed by atoms with van der Waals surface area (Å²) < 4.78 is 52.6. The molecule has 1 saturated heterocycles. The van der Waals surface area contributed by atoms with Gasteiger partial charge >= 0.3 is 6.18 Å². The van der Waals surface area contributed by atoms with Crippen LogP contribution in [0.4, 0.5) is 17.6 Å². The maximum Gasteiger partial charge on any atom is 0.416 e. The molecule has 9 heteroatoms. The molecule has 2 heterocycles. The zero-order chi connectivity index (χ0) is 24.3. The van der Waals surface area contributed by atoms with E-state index in [2.05, 4.69) is 18.5 Å². The third-order valence-electron chi connectivity index (χ3n) is 6.38. The van der Waals surface area contributed by atoms with Gasteiger partial charge in [0.25, 0.3) is 5.91 Å². The Morgan fingerprint density at radius 3 is 2.45 bits per heavy atom. The van der Waals surface area contributed by atoms with Crippen LogP contribution in [-0.2, 0) is 23.9 Å². The molecule has 1 aromatic carbocycles. The number of halogens is 4. The second-order valence-corrected chi connectivity index (χ2v) is 8.78. The number of nitrogens with zero attached hydrogens (tertiary/aromatic N) is 3. The van der Waals surface area contributed by atoms with Crippen molar-refractivity contribution in [2.75, 3.05) is 26.3 Å². The summed E-state index contributed by atoms with van der Waals surface area (Å²) in [7, 11) is 0. The van der Waals surface area contributed by atoms with Crippen molar-refractivity contribution in [1.29, 1.82) is 0 Å². The van der Waals surface area contributed by atoms with Crippen LogP contribution in [0.25, 0.3) is 0 Å². The molecule has 0 unspecified atom stereocenters. The van der Waals surface area contributed by atoms with Crippen molar-refractivity contribution in [1.82, 2.24) is 9.80 Å². The number of alkyl halides is 4. The van der Waals surface area contributed by atoms with E-state index < -0.39 is 18.4 Å². The first-order valence-electron chi connectivity index (χ1n) is 11.0. The molecule has 33 heavy (non-hydrogen) atoms. The van der Waals surface area contributed by atoms with E-state index in [0.717, 1.165) is 30.5 Å². The van der Waals surface area contributed by atoms with Gasteiger partial charge in [0, 0.05) is 37.4 Å². The second-order valence-electron chi connectivity index (χ2n) is 8.78. The van der Waals surface area contributed by atoms with Crippen molar-refractivity contribution in [2.45, 2.75) is 45.8 Å². The van der Waals surface area contributed by atoms with Crippen molar-refractivity contribution < 1.29 is 22.4 Å². The number of carbonyl (C=O) groups is 1. The Morgan fingerprint density at radius 1 is 1.18 bits per heavy atom. The Labute approximate surface area is 191 Å². The number of rotatable bonds is 5. The van der Waals surface area contributed by atoms with Gasteiger partial charge in [-0.15, -0.1) is 0 Å². The number of piperidine rings is 1. The van der Waals surface area contributed by atoms with Gasteiger partial charge in [0.2, 0.25) is 0 Å². The summed E-state index contributed by atoms with van der Waals surface area (Å²) in [5.41, 5.74) is 7.26. The Hall–Kier alpha value is -2.84. The van der Waals surface area contributed by atoms with E-state index in [9.17, 15) is 22.4 Å². The Bertz CT molecular complexity index is 975. The molecular formula is C24H30F4N4O. The van der Waals surface area contributed by atoms with Crippen molar-refractivity contribution in [3.63, 3.8) is 0 Å². The standard InChI is InChI=1S/C24H30F4N4O/c1-15-6-9-31(10-7-15)23(33)22(30-21(29)13-25)16(2)17(3)32-11-8-18-4-5-20(24(26,27)28)12-19(18)14-32/h4-5,12,15H,3,6-11,13-14H2,1-2H3,(H2,29,30)/b22-16-. The van der Waals surface area contributed by atoms with Gasteiger partial charge in [-0.25, -0.2) is 9.38 Å². The molecule has 0 aliphatic carbocycles. The first-order valence-corrected chi connectivity index (χ1v) is 11.0. The van der Waals surface area contributed by atoms with E-state index in [4.69, 9.17) is 5.73 Å². The summed E-state index contributed by atoms with van der Waals surface area (Å²) in [4.78, 5) is 20.8. The number of allylic oxidation sites excluding steroid dienone is 1. The number of benzene rings is 1. The SMILES string of the molecule is C=C(/C(C)=C(\N=C(N)CF)C(=O)N1CCC(C)CC1)N1CCc2ccc(C(F)(F)F)cc2C1. The normalized spacial score (nSPS) is 18.7. The van der Waals surface area contributed by atoms with E-state index >= 15 is 0 Å². The van der Waals surface area contributed by atoms with E-state index in [-0.39, 0.29) is 24.0 Å². The lowest BCUT2D eigenvalue weighted by atomic mass is 9.96. The molecule has 2 aliphatic heterocycles. The molecule has 5 nitrogen and oxygen atoms in total. The molecule has 1 fully saturated rings. The van der Waals surface area contributed by atoms with Crippen LogP contribution in [-0.4, -0.2) is 47.9 Å². The van der Waals surface area contributed by atoms with E-state index in [1.165, 1.54) is 6.07 Å². The third-order valence-corrected chi connectivity index (χ3v) is 6.38. The highest BCUT2D eigenvalue weighted by Crippen LogP contribution is 2.33. The topological polar surface area (TPSA) is 61.9 Å². The van der Waals surface area contributed by atoms with Gasteiger partial charge in [-0.05, 0) is 55.4 Å². The predicted molar refractivity (Wildman–Crippen MR) is 120 cm³/mol. The lowest BCUT2D eigenvalue weighted by molar-refractivity contribution is -0.137. The van der Waals surface area contributed by atoms with Gasteiger partial charge in [-0.1, -0.05) is 19.6 Å². The van der Waals surface area contributed by atoms with Crippen molar-refractivity contribution in [3.05, 3.63) is 58.4 Å². The first kappa shape index (κ1) is 24.8. The summed E-state index contributed by atoms with van der Waals surface area (Å²) in [5, 5.41) is 0. The summed E-state index contributed by atoms with van der Waals surface area (Å²) in [6.07, 6.45) is -2.14. The van der Waals surface area contributed by atoms with Crippen LogP contribution in [0.1, 0.15) is 43.4 Å². The Kier molecular flexibility index (Phi) is 7.49. The van der Waals surface area contributed by atoms with Gasteiger partial charge in [0.05, 0.1) is 5.56 Å². The minimum atomic E-state index is -4.42. The summed E-state index contributed by atoms with van der Waals surface area (Å²) in [6.45, 7) is 8.79. The monoisotopic (exact) mass is 466 g/mol. The molecule has 0 spiro atoms. The third kappa shape index (κ3) is 5.75. The smallest absolute Gasteiger partial charge is 0.385 e. The molecule has 0 aromatic heterocycles. The zero-order valence-electron chi connectivity index (χ0n) is 19.0. The Morgan fingerprint density at radius 2 is 1.85 bits per heavy atom. The number of amides is 1. The highest BCUT2D eigenvalue weighted by molar-refractivity contribution is 5.98. The molecule has 1 amide bonds. The van der Waals surface area contributed by atoms with Crippen LogP contribution in [0.3, 0.4) is 0 Å². The van der Waals surface area contributed by atoms with Crippen LogP contribution in [0.15, 0.2) is 46.7 Å². The number of amidine groups is 1. The molecule has 0 radical (unpaired) electrons. The van der Waals surface area contributed by atoms with Gasteiger partial charge in [-0.2, -0.15) is 13.2 Å². The summed E-state index contributed by atoms with van der Waals surface area (Å²) in [6, 6.07) is 3.77. The van der Waals surface area contributed by atoms with Crippen LogP contribution in [0.2, 0.25) is 0 Å². The number of hydrogen-bond donors (Lipinski definition) is 1. The second kappa shape index (κ2) is 9.97. The molecule has 3 rings (SSSR count). The first-order chi connectivity index (χ1) is 15.5. The number of fused-ring (bicyclic) bond motifs is 1. The number of carbonyl (C=O) groups excluding carboxylic acids is 1. The lowest BCUT2D eigenvalue weighted by Gasteiger charge is -2.34. The van der Waals surface area contributed by atoms with Crippen LogP contribution in [0, 0.1) is 5.92 Å². The zero-order valence-corrected chi connectivity index (χ0v) is 19.0.